The second kappa shape index (κ2) is 14.1. The lowest BCUT2D eigenvalue weighted by molar-refractivity contribution is 0.0783. The Hall–Kier alpha value is -3.21. The van der Waals surface area contributed by atoms with Crippen LogP contribution in [0.25, 0.3) is 10.8 Å². The first-order valence-electron chi connectivity index (χ1n) is 14.5. The van der Waals surface area contributed by atoms with Gasteiger partial charge < -0.3 is 9.80 Å². The largest absolute Gasteiger partial charge is 0.341 e. The lowest BCUT2D eigenvalue weighted by atomic mass is 9.88. The number of carbonyl (C=O) groups is 1. The molecule has 1 aliphatic heterocycles. The molecule has 0 radical (unpaired) electrons. The summed E-state index contributed by atoms with van der Waals surface area (Å²) in [5.74, 6) is 0.411. The molecule has 0 aliphatic carbocycles. The third kappa shape index (κ3) is 7.30. The van der Waals surface area contributed by atoms with Gasteiger partial charge in [0.25, 0.3) is 5.91 Å². The van der Waals surface area contributed by atoms with Crippen LogP contribution in [0.2, 0.25) is 10.0 Å². The number of piperidine rings is 1. The van der Waals surface area contributed by atoms with Gasteiger partial charge in [-0.2, -0.15) is 5.26 Å². The summed E-state index contributed by atoms with van der Waals surface area (Å²) < 4.78 is 12.3. The van der Waals surface area contributed by atoms with Crippen molar-refractivity contribution < 1.29 is 9.00 Å². The van der Waals surface area contributed by atoms with Crippen molar-refractivity contribution in [2.24, 2.45) is 0 Å². The molecule has 0 unspecified atom stereocenters. The van der Waals surface area contributed by atoms with Crippen LogP contribution >= 0.6 is 23.2 Å². The number of rotatable bonds is 9. The number of hydrogen-bond acceptors (Lipinski definition) is 4. The van der Waals surface area contributed by atoms with Crippen LogP contribution in [0.4, 0.5) is 0 Å². The van der Waals surface area contributed by atoms with Crippen LogP contribution in [0, 0.1) is 11.3 Å². The Bertz CT molecular complexity index is 1690. The van der Waals surface area contributed by atoms with Crippen molar-refractivity contribution in [3.05, 3.63) is 111 Å². The zero-order chi connectivity index (χ0) is 30.5. The third-order valence-corrected chi connectivity index (χ3v) is 10.3. The Morgan fingerprint density at radius 1 is 1.02 bits per heavy atom. The smallest absolute Gasteiger partial charge is 0.254 e. The highest BCUT2D eigenvalue weighted by Crippen LogP contribution is 2.33. The van der Waals surface area contributed by atoms with Gasteiger partial charge in [-0.3, -0.25) is 9.00 Å². The van der Waals surface area contributed by atoms with Crippen LogP contribution < -0.4 is 0 Å². The van der Waals surface area contributed by atoms with Crippen LogP contribution in [0.5, 0.6) is 0 Å². The van der Waals surface area contributed by atoms with Crippen LogP contribution in [-0.2, 0) is 10.8 Å². The molecule has 4 aromatic rings. The van der Waals surface area contributed by atoms with Crippen LogP contribution in [0.3, 0.4) is 0 Å². The van der Waals surface area contributed by atoms with Crippen LogP contribution in [0.1, 0.15) is 58.1 Å². The van der Waals surface area contributed by atoms with Gasteiger partial charge in [0.15, 0.2) is 0 Å². The summed E-state index contributed by atoms with van der Waals surface area (Å²) in [6.07, 6.45) is 4.66. The summed E-state index contributed by atoms with van der Waals surface area (Å²) >= 11 is 12.7. The summed E-state index contributed by atoms with van der Waals surface area (Å²) in [5.41, 5.74) is 3.46. The second-order valence-electron chi connectivity index (χ2n) is 11.3. The first kappa shape index (κ1) is 31.2. The molecule has 1 saturated heterocycles. The summed E-state index contributed by atoms with van der Waals surface area (Å²) in [7, 11) is 0.846. The van der Waals surface area contributed by atoms with Crippen molar-refractivity contribution in [3.63, 3.8) is 0 Å². The predicted molar refractivity (Wildman–Crippen MR) is 177 cm³/mol. The van der Waals surface area contributed by atoms with Gasteiger partial charge in [0.2, 0.25) is 0 Å². The van der Waals surface area contributed by atoms with E-state index < -0.39 is 10.8 Å². The Kier molecular flexibility index (Phi) is 10.2. The van der Waals surface area contributed by atoms with Gasteiger partial charge >= 0.3 is 0 Å². The van der Waals surface area contributed by atoms with Crippen molar-refractivity contribution in [3.8, 4) is 6.07 Å². The average molecular weight is 633 g/mol. The highest BCUT2D eigenvalue weighted by atomic mass is 35.5. The van der Waals surface area contributed by atoms with Crippen molar-refractivity contribution in [1.82, 2.24) is 9.80 Å². The molecule has 0 N–H and O–H groups in total. The number of halogens is 2. The summed E-state index contributed by atoms with van der Waals surface area (Å²) in [4.78, 5) is 19.0. The minimum absolute atomic E-state index is 0.0600. The fourth-order valence-electron chi connectivity index (χ4n) is 6.17. The fourth-order valence-corrected chi connectivity index (χ4v) is 7.32. The molecule has 222 valence electrons. The molecule has 5 rings (SSSR count). The number of nitriles is 1. The van der Waals surface area contributed by atoms with Gasteiger partial charge in [-0.15, -0.1) is 0 Å². The number of benzene rings is 4. The number of nitrogens with zero attached hydrogens (tertiary/aromatic N) is 3. The number of carbonyl (C=O) groups excluding carboxylic acids is 1. The van der Waals surface area contributed by atoms with Gasteiger partial charge in [0.1, 0.15) is 0 Å². The molecule has 8 heteroatoms. The van der Waals surface area contributed by atoms with E-state index in [0.717, 1.165) is 60.1 Å². The van der Waals surface area contributed by atoms with Gasteiger partial charge in [-0.25, -0.2) is 0 Å². The highest BCUT2D eigenvalue weighted by Gasteiger charge is 2.26. The topological polar surface area (TPSA) is 64.4 Å². The SMILES string of the molecule is CN(C[C@@H](CCN1CCC(c2ccccc2[S@](C)=O)CC1)c1ccc(Cl)c(Cl)c1)C(=O)c1cccc2cc(C#N)ccc12. The minimum Gasteiger partial charge on any atom is -0.341 e. The molecule has 1 aliphatic rings. The van der Waals surface area contributed by atoms with E-state index >= 15 is 0 Å². The zero-order valence-electron chi connectivity index (χ0n) is 24.4. The number of likely N-dealkylation sites (N-methyl/N-ethyl adjacent to an activating group) is 1. The number of likely N-dealkylation sites (tertiary alicyclic amines) is 1. The lowest BCUT2D eigenvalue weighted by Gasteiger charge is -2.34. The Morgan fingerprint density at radius 2 is 1.79 bits per heavy atom. The normalized spacial score (nSPS) is 15.6. The maximum atomic E-state index is 13.7. The Balaban J connectivity index is 1.29. The molecule has 0 spiro atoms. The van der Waals surface area contributed by atoms with Gasteiger partial charge in [0.05, 0.1) is 32.5 Å². The summed E-state index contributed by atoms with van der Waals surface area (Å²) in [6, 6.07) is 27.1. The van der Waals surface area contributed by atoms with E-state index in [0.29, 0.717) is 33.6 Å². The molecule has 1 heterocycles. The molecule has 0 bridgehead atoms. The number of amides is 1. The van der Waals surface area contributed by atoms with E-state index in [1.807, 2.05) is 73.8 Å². The van der Waals surface area contributed by atoms with Crippen LogP contribution in [0.15, 0.2) is 83.8 Å². The fraction of sp³-hybridized carbons (Fsp3) is 0.314. The molecule has 1 amide bonds. The maximum absolute atomic E-state index is 13.7. The van der Waals surface area contributed by atoms with Gasteiger partial charge in [-0.05, 0) is 103 Å². The molecular weight excluding hydrogens is 597 g/mol. The van der Waals surface area contributed by atoms with Crippen LogP contribution in [-0.4, -0.2) is 59.4 Å². The first-order valence-corrected chi connectivity index (χ1v) is 16.8. The predicted octanol–water partition coefficient (Wildman–Crippen LogP) is 7.88. The number of fused-ring (bicyclic) bond motifs is 1. The minimum atomic E-state index is -0.998. The number of hydrogen-bond donors (Lipinski definition) is 0. The standard InChI is InChI=1S/C35H35Cl2N3O2S/c1-39(35(41)31-8-5-6-27-20-24(22-38)10-12-29(27)31)23-28(26-11-13-32(36)33(37)21-26)16-19-40-17-14-25(15-18-40)30-7-3-4-9-34(30)43(2)42/h3-13,20-21,25,28H,14-19,23H2,1-2H3/t28-,43+/m1/s1. The molecule has 43 heavy (non-hydrogen) atoms. The van der Waals surface area contributed by atoms with E-state index in [9.17, 15) is 14.3 Å². The lowest BCUT2D eigenvalue weighted by Crippen LogP contribution is -2.36. The van der Waals surface area contributed by atoms with Gasteiger partial charge in [0, 0.05) is 36.2 Å². The summed E-state index contributed by atoms with van der Waals surface area (Å²) in [6.45, 7) is 3.36. The van der Waals surface area contributed by atoms with Crippen molar-refractivity contribution in [1.29, 1.82) is 5.26 Å². The molecule has 0 saturated carbocycles. The van der Waals surface area contributed by atoms with Gasteiger partial charge in [-0.1, -0.05) is 65.7 Å². The first-order chi connectivity index (χ1) is 20.7. The van der Waals surface area contributed by atoms with Crippen molar-refractivity contribution >= 4 is 50.7 Å². The molecule has 0 aromatic heterocycles. The quantitative estimate of drug-likeness (QED) is 0.188. The monoisotopic (exact) mass is 631 g/mol. The van der Waals surface area contributed by atoms with E-state index in [2.05, 4.69) is 17.0 Å². The van der Waals surface area contributed by atoms with E-state index in [4.69, 9.17) is 23.2 Å². The van der Waals surface area contributed by atoms with E-state index in [1.54, 1.807) is 17.2 Å². The molecule has 5 nitrogen and oxygen atoms in total. The van der Waals surface area contributed by atoms with Crippen molar-refractivity contribution in [2.45, 2.75) is 36.0 Å². The van der Waals surface area contributed by atoms with E-state index in [-0.39, 0.29) is 11.8 Å². The zero-order valence-corrected chi connectivity index (χ0v) is 26.8. The highest BCUT2D eigenvalue weighted by molar-refractivity contribution is 7.84. The molecule has 4 aromatic carbocycles. The van der Waals surface area contributed by atoms with E-state index in [1.165, 1.54) is 5.56 Å². The second-order valence-corrected chi connectivity index (χ2v) is 13.5. The molecular formula is C35H35Cl2N3O2S. The Labute approximate surface area is 266 Å². The summed E-state index contributed by atoms with van der Waals surface area (Å²) in [5, 5.41) is 12.0. The average Bonchev–Trinajstić information content (AvgIpc) is 3.03. The Morgan fingerprint density at radius 3 is 2.51 bits per heavy atom. The maximum Gasteiger partial charge on any atom is 0.254 e. The molecule has 1 fully saturated rings. The van der Waals surface area contributed by atoms with Crippen molar-refractivity contribution in [2.75, 3.05) is 39.5 Å². The third-order valence-electron chi connectivity index (χ3n) is 8.55. The molecule has 2 atom stereocenters.